The van der Waals surface area contributed by atoms with Gasteiger partial charge in [-0.2, -0.15) is 5.26 Å². The molecular weight excluding hydrogens is 256 g/mol. The minimum absolute atomic E-state index is 0.0695. The third kappa shape index (κ3) is 3.22. The van der Waals surface area contributed by atoms with Crippen molar-refractivity contribution in [3.05, 3.63) is 27.7 Å². The fourth-order valence-electron chi connectivity index (χ4n) is 1.45. The molecule has 80 valence electrons. The molecule has 0 aromatic heterocycles. The van der Waals surface area contributed by atoms with Crippen LogP contribution in [-0.4, -0.2) is 13.2 Å². The molecule has 0 aliphatic rings. The number of nitrogens with zero attached hydrogens (tertiary/aromatic N) is 1. The average molecular weight is 269 g/mol. The van der Waals surface area contributed by atoms with E-state index in [4.69, 9.17) is 15.7 Å². The van der Waals surface area contributed by atoms with E-state index in [2.05, 4.69) is 15.9 Å². The summed E-state index contributed by atoms with van der Waals surface area (Å²) in [5, 5.41) is 8.48. The van der Waals surface area contributed by atoms with Crippen LogP contribution in [0.4, 0.5) is 0 Å². The van der Waals surface area contributed by atoms with E-state index in [-0.39, 0.29) is 6.61 Å². The zero-order chi connectivity index (χ0) is 11.3. The van der Waals surface area contributed by atoms with Crippen molar-refractivity contribution in [2.45, 2.75) is 13.3 Å². The van der Waals surface area contributed by atoms with Crippen LogP contribution in [0, 0.1) is 18.3 Å². The lowest BCUT2D eigenvalue weighted by Gasteiger charge is -2.12. The molecular formula is C11H13BrN2O. The third-order valence-corrected chi connectivity index (χ3v) is 2.47. The van der Waals surface area contributed by atoms with Crippen molar-refractivity contribution in [3.63, 3.8) is 0 Å². The fourth-order valence-corrected chi connectivity index (χ4v) is 2.07. The molecule has 4 heteroatoms. The maximum absolute atomic E-state index is 8.48. The van der Waals surface area contributed by atoms with Gasteiger partial charge >= 0.3 is 0 Å². The van der Waals surface area contributed by atoms with Gasteiger partial charge in [-0.15, -0.1) is 0 Å². The highest BCUT2D eigenvalue weighted by atomic mass is 79.9. The second-order valence-corrected chi connectivity index (χ2v) is 4.11. The fraction of sp³-hybridized carbons (Fsp3) is 0.364. The van der Waals surface area contributed by atoms with Crippen molar-refractivity contribution in [2.75, 3.05) is 13.2 Å². The Morgan fingerprint density at radius 1 is 1.53 bits per heavy atom. The molecule has 0 heterocycles. The lowest BCUT2D eigenvalue weighted by Crippen LogP contribution is -2.06. The molecule has 15 heavy (non-hydrogen) atoms. The summed E-state index contributed by atoms with van der Waals surface area (Å²) < 4.78 is 6.39. The maximum atomic E-state index is 8.48. The third-order valence-electron chi connectivity index (χ3n) is 2.01. The van der Waals surface area contributed by atoms with Crippen LogP contribution in [0.1, 0.15) is 11.1 Å². The number of benzene rings is 1. The minimum atomic E-state index is 0.0695. The molecule has 0 aliphatic heterocycles. The predicted octanol–water partition coefficient (Wildman–Crippen LogP) is 2.16. The van der Waals surface area contributed by atoms with Gasteiger partial charge in [-0.3, -0.25) is 0 Å². The number of rotatable bonds is 4. The molecule has 0 spiro atoms. The SMILES string of the molecule is Cc1cc(Br)cc(CCN)c1OCC#N. The van der Waals surface area contributed by atoms with Gasteiger partial charge in [0.1, 0.15) is 11.8 Å². The van der Waals surface area contributed by atoms with Gasteiger partial charge in [0.15, 0.2) is 6.61 Å². The van der Waals surface area contributed by atoms with Gasteiger partial charge in [0.25, 0.3) is 0 Å². The largest absolute Gasteiger partial charge is 0.478 e. The summed E-state index contributed by atoms with van der Waals surface area (Å²) in [4.78, 5) is 0. The van der Waals surface area contributed by atoms with E-state index in [0.717, 1.165) is 27.8 Å². The highest BCUT2D eigenvalue weighted by Crippen LogP contribution is 2.28. The first-order chi connectivity index (χ1) is 7.19. The summed E-state index contributed by atoms with van der Waals surface area (Å²) >= 11 is 3.42. The number of nitrogens with two attached hydrogens (primary N) is 1. The van der Waals surface area contributed by atoms with Crippen molar-refractivity contribution in [3.8, 4) is 11.8 Å². The minimum Gasteiger partial charge on any atom is -0.478 e. The van der Waals surface area contributed by atoms with E-state index >= 15 is 0 Å². The van der Waals surface area contributed by atoms with Crippen LogP contribution in [0.2, 0.25) is 0 Å². The number of nitriles is 1. The molecule has 0 saturated heterocycles. The maximum Gasteiger partial charge on any atom is 0.174 e. The first-order valence-corrected chi connectivity index (χ1v) is 5.47. The van der Waals surface area contributed by atoms with E-state index in [1.54, 1.807) is 0 Å². The zero-order valence-corrected chi connectivity index (χ0v) is 10.2. The second kappa shape index (κ2) is 5.74. The van der Waals surface area contributed by atoms with E-state index in [9.17, 15) is 0 Å². The monoisotopic (exact) mass is 268 g/mol. The average Bonchev–Trinajstić information content (AvgIpc) is 2.17. The van der Waals surface area contributed by atoms with Crippen molar-refractivity contribution in [1.82, 2.24) is 0 Å². The topological polar surface area (TPSA) is 59.0 Å². The van der Waals surface area contributed by atoms with Crippen molar-refractivity contribution >= 4 is 15.9 Å². The van der Waals surface area contributed by atoms with E-state index in [0.29, 0.717) is 6.54 Å². The summed E-state index contributed by atoms with van der Waals surface area (Å²) in [5.41, 5.74) is 7.58. The van der Waals surface area contributed by atoms with Crippen molar-refractivity contribution in [2.24, 2.45) is 5.73 Å². The Hall–Kier alpha value is -1.05. The predicted molar refractivity (Wildman–Crippen MR) is 62.7 cm³/mol. The van der Waals surface area contributed by atoms with Crippen LogP contribution in [0.15, 0.2) is 16.6 Å². The van der Waals surface area contributed by atoms with Gasteiger partial charge in [0.05, 0.1) is 0 Å². The number of halogens is 1. The number of ether oxygens (including phenoxy) is 1. The molecule has 0 radical (unpaired) electrons. The molecule has 0 atom stereocenters. The smallest absolute Gasteiger partial charge is 0.174 e. The van der Waals surface area contributed by atoms with Crippen molar-refractivity contribution in [1.29, 1.82) is 5.26 Å². The first kappa shape index (κ1) is 12.0. The Balaban J connectivity index is 3.04. The summed E-state index contributed by atoms with van der Waals surface area (Å²) in [6.07, 6.45) is 0.751. The zero-order valence-electron chi connectivity index (χ0n) is 8.59. The van der Waals surface area contributed by atoms with Gasteiger partial charge < -0.3 is 10.5 Å². The lowest BCUT2D eigenvalue weighted by atomic mass is 10.1. The normalized spacial score (nSPS) is 9.73. The standard InChI is InChI=1S/C11H13BrN2O/c1-8-6-10(12)7-9(2-3-13)11(8)15-5-4-14/h6-7H,2-3,5,13H2,1H3. The number of aryl methyl sites for hydroxylation is 1. The Bertz CT molecular complexity index is 385. The van der Waals surface area contributed by atoms with Gasteiger partial charge in [0.2, 0.25) is 0 Å². The molecule has 3 nitrogen and oxygen atoms in total. The Morgan fingerprint density at radius 3 is 2.87 bits per heavy atom. The first-order valence-electron chi connectivity index (χ1n) is 4.68. The molecule has 0 unspecified atom stereocenters. The van der Waals surface area contributed by atoms with Gasteiger partial charge in [-0.05, 0) is 43.1 Å². The summed E-state index contributed by atoms with van der Waals surface area (Å²) in [7, 11) is 0. The van der Waals surface area contributed by atoms with Crippen LogP contribution in [0.3, 0.4) is 0 Å². The Morgan fingerprint density at radius 2 is 2.27 bits per heavy atom. The number of hydrogen-bond donors (Lipinski definition) is 1. The quantitative estimate of drug-likeness (QED) is 0.911. The van der Waals surface area contributed by atoms with Gasteiger partial charge in [-0.1, -0.05) is 15.9 Å². The molecule has 1 aromatic rings. The molecule has 2 N–H and O–H groups in total. The van der Waals surface area contributed by atoms with Gasteiger partial charge in [0, 0.05) is 4.47 Å². The second-order valence-electron chi connectivity index (χ2n) is 3.20. The van der Waals surface area contributed by atoms with Crippen molar-refractivity contribution < 1.29 is 4.74 Å². The molecule has 0 fully saturated rings. The molecule has 0 aliphatic carbocycles. The summed E-state index contributed by atoms with van der Waals surface area (Å²) in [6, 6.07) is 5.91. The van der Waals surface area contributed by atoms with Crippen LogP contribution in [-0.2, 0) is 6.42 Å². The summed E-state index contributed by atoms with van der Waals surface area (Å²) in [6.45, 7) is 2.59. The van der Waals surface area contributed by atoms with Crippen LogP contribution >= 0.6 is 15.9 Å². The Labute approximate surface area is 98.0 Å². The number of hydrogen-bond acceptors (Lipinski definition) is 3. The van der Waals surface area contributed by atoms with E-state index < -0.39 is 0 Å². The van der Waals surface area contributed by atoms with E-state index in [1.165, 1.54) is 0 Å². The molecule has 0 amide bonds. The highest BCUT2D eigenvalue weighted by molar-refractivity contribution is 9.10. The lowest BCUT2D eigenvalue weighted by molar-refractivity contribution is 0.361. The molecule has 1 rings (SSSR count). The Kier molecular flexibility index (Phi) is 4.60. The van der Waals surface area contributed by atoms with Crippen LogP contribution in [0.5, 0.6) is 5.75 Å². The van der Waals surface area contributed by atoms with Gasteiger partial charge in [-0.25, -0.2) is 0 Å². The molecule has 0 bridgehead atoms. The summed E-state index contributed by atoms with van der Waals surface area (Å²) in [5.74, 6) is 0.783. The van der Waals surface area contributed by atoms with Crippen LogP contribution < -0.4 is 10.5 Å². The highest BCUT2D eigenvalue weighted by Gasteiger charge is 2.08. The molecule has 0 saturated carbocycles. The van der Waals surface area contributed by atoms with E-state index in [1.807, 2.05) is 25.1 Å². The molecule has 1 aromatic carbocycles. The van der Waals surface area contributed by atoms with Crippen LogP contribution in [0.25, 0.3) is 0 Å².